The van der Waals surface area contributed by atoms with Gasteiger partial charge in [0.25, 0.3) is 5.91 Å². The molecule has 5 rings (SSSR count). The van der Waals surface area contributed by atoms with Crippen molar-refractivity contribution in [1.82, 2.24) is 20.5 Å². The summed E-state index contributed by atoms with van der Waals surface area (Å²) in [5.74, 6) is -1.06. The number of nitrogens with one attached hydrogen (secondary N) is 2. The van der Waals surface area contributed by atoms with E-state index in [1.807, 2.05) is 13.8 Å². The van der Waals surface area contributed by atoms with Gasteiger partial charge >= 0.3 is 5.91 Å². The molecule has 2 aromatic heterocycles. The van der Waals surface area contributed by atoms with Gasteiger partial charge in [-0.05, 0) is 57.7 Å². The van der Waals surface area contributed by atoms with Crippen LogP contribution in [0.25, 0.3) is 11.0 Å². The number of nitrogens with zero attached hydrogens (tertiary/aromatic N) is 4. The minimum atomic E-state index is -0.689. The smallest absolute Gasteiger partial charge is 0.364 e. The van der Waals surface area contributed by atoms with E-state index in [2.05, 4.69) is 25.6 Å². The van der Waals surface area contributed by atoms with Crippen LogP contribution in [0.4, 0.5) is 0 Å². The third-order valence-corrected chi connectivity index (χ3v) is 7.03. The number of allylic oxidation sites excluding steroid dienone is 2. The molecule has 0 aromatic carbocycles. The first-order valence-corrected chi connectivity index (χ1v) is 10.9. The van der Waals surface area contributed by atoms with Crippen LogP contribution in [-0.2, 0) is 4.79 Å². The lowest BCUT2D eigenvalue weighted by Gasteiger charge is -2.41. The summed E-state index contributed by atoms with van der Waals surface area (Å²) in [6.07, 6.45) is 6.19. The SMILES string of the molecule is CC(C)[N+]1(C(=O)c2cnc3n[nH]c(C(N)=O)c3c2)N=CC2=C1C(=O)CC1(CCNCC1)C2. The molecule has 3 aliphatic rings. The molecule has 1 unspecified atom stereocenters. The summed E-state index contributed by atoms with van der Waals surface area (Å²) in [6, 6.07) is 1.25. The van der Waals surface area contributed by atoms with Gasteiger partial charge in [0, 0.05) is 18.2 Å². The first kappa shape index (κ1) is 20.7. The fourth-order valence-electron chi connectivity index (χ4n) is 5.38. The lowest BCUT2D eigenvalue weighted by molar-refractivity contribution is -0.833. The fraction of sp³-hybridized carbons (Fsp3) is 0.455. The molecule has 10 heteroatoms. The number of piperidine rings is 1. The average molecular weight is 436 g/mol. The van der Waals surface area contributed by atoms with Crippen LogP contribution < -0.4 is 11.1 Å². The lowest BCUT2D eigenvalue weighted by atomic mass is 9.67. The quantitative estimate of drug-likeness (QED) is 0.621. The van der Waals surface area contributed by atoms with Crippen molar-refractivity contribution < 1.29 is 19.0 Å². The topological polar surface area (TPSA) is 143 Å². The number of H-pyrrole nitrogens is 1. The number of aromatic nitrogens is 3. The molecule has 1 atom stereocenters. The largest absolute Gasteiger partial charge is 0.379 e. The van der Waals surface area contributed by atoms with Gasteiger partial charge in [0.2, 0.25) is 11.5 Å². The van der Waals surface area contributed by atoms with Crippen LogP contribution in [0.3, 0.4) is 0 Å². The van der Waals surface area contributed by atoms with Gasteiger partial charge in [-0.25, -0.2) is 9.78 Å². The van der Waals surface area contributed by atoms with Crippen LogP contribution >= 0.6 is 0 Å². The van der Waals surface area contributed by atoms with E-state index in [9.17, 15) is 14.4 Å². The number of quaternary nitrogens is 1. The summed E-state index contributed by atoms with van der Waals surface area (Å²) in [7, 11) is 0. The van der Waals surface area contributed by atoms with Crippen molar-refractivity contribution in [1.29, 1.82) is 0 Å². The van der Waals surface area contributed by atoms with Crippen molar-refractivity contribution in [2.24, 2.45) is 16.3 Å². The zero-order chi connectivity index (χ0) is 22.7. The molecule has 10 nitrogen and oxygen atoms in total. The Kier molecular flexibility index (Phi) is 4.61. The average Bonchev–Trinajstić information content (AvgIpc) is 3.35. The van der Waals surface area contributed by atoms with E-state index in [0.29, 0.717) is 17.5 Å². The molecule has 32 heavy (non-hydrogen) atoms. The van der Waals surface area contributed by atoms with Crippen molar-refractivity contribution >= 4 is 34.8 Å². The summed E-state index contributed by atoms with van der Waals surface area (Å²) in [6.45, 7) is 5.56. The molecular weight excluding hydrogens is 410 g/mol. The van der Waals surface area contributed by atoms with Crippen LogP contribution in [0.5, 0.6) is 0 Å². The third-order valence-electron chi connectivity index (χ3n) is 7.03. The van der Waals surface area contributed by atoms with E-state index >= 15 is 0 Å². The van der Waals surface area contributed by atoms with Crippen molar-refractivity contribution in [3.8, 4) is 0 Å². The Bertz CT molecular complexity index is 1220. The number of ketones is 1. The van der Waals surface area contributed by atoms with Crippen molar-refractivity contribution in [3.05, 3.63) is 34.8 Å². The maximum atomic E-state index is 13.9. The first-order chi connectivity index (χ1) is 15.3. The van der Waals surface area contributed by atoms with Crippen molar-refractivity contribution in [3.63, 3.8) is 0 Å². The number of nitrogens with two attached hydrogens (primary N) is 1. The zero-order valence-corrected chi connectivity index (χ0v) is 18.1. The monoisotopic (exact) mass is 436 g/mol. The van der Waals surface area contributed by atoms with Crippen LogP contribution in [0.2, 0.25) is 0 Å². The van der Waals surface area contributed by atoms with Crippen molar-refractivity contribution in [2.75, 3.05) is 13.1 Å². The number of hydrogen-bond acceptors (Lipinski definition) is 7. The summed E-state index contributed by atoms with van der Waals surface area (Å²) in [5.41, 5.74) is 7.31. The molecule has 2 aliphatic heterocycles. The summed E-state index contributed by atoms with van der Waals surface area (Å²) in [4.78, 5) is 43.3. The molecule has 166 valence electrons. The van der Waals surface area contributed by atoms with Gasteiger partial charge < -0.3 is 11.1 Å². The predicted molar refractivity (Wildman–Crippen MR) is 116 cm³/mol. The normalized spacial score (nSPS) is 24.5. The van der Waals surface area contributed by atoms with Gasteiger partial charge in [0.1, 0.15) is 17.3 Å². The van der Waals surface area contributed by atoms with Crippen LogP contribution in [0, 0.1) is 5.41 Å². The lowest BCUT2D eigenvalue weighted by Crippen LogP contribution is -2.54. The maximum absolute atomic E-state index is 13.9. The van der Waals surface area contributed by atoms with Gasteiger partial charge in [-0.15, -0.1) is 0 Å². The number of fused-ring (bicyclic) bond motifs is 1. The predicted octanol–water partition coefficient (Wildman–Crippen LogP) is 1.41. The molecule has 0 bridgehead atoms. The fourth-order valence-corrected chi connectivity index (χ4v) is 5.38. The molecule has 4 N–H and O–H groups in total. The summed E-state index contributed by atoms with van der Waals surface area (Å²) < 4.78 is -0.417. The van der Waals surface area contributed by atoms with Crippen LogP contribution in [-0.4, -0.2) is 62.7 Å². The van der Waals surface area contributed by atoms with Gasteiger partial charge in [0.15, 0.2) is 5.65 Å². The van der Waals surface area contributed by atoms with Gasteiger partial charge in [-0.3, -0.25) is 14.7 Å². The number of pyridine rings is 1. The molecular formula is C22H26N7O3+. The van der Waals surface area contributed by atoms with Gasteiger partial charge in [0.05, 0.1) is 11.6 Å². The molecule has 0 saturated carbocycles. The standard InChI is InChI=1S/C22H25N7O3/c1-12(2)29(21(32)13-7-15-17(19(23)31)27-28-20(15)25-10-13)18-14(11-26-29)8-22(9-16(18)30)3-5-24-6-4-22/h7,10-12,24H,3-6,8-9H2,1-2H3,(H2-,23,25,27,28,31,32)/p+1. The summed E-state index contributed by atoms with van der Waals surface area (Å²) >= 11 is 0. The number of rotatable bonds is 3. The van der Waals surface area contributed by atoms with Crippen LogP contribution in [0.15, 0.2) is 28.6 Å². The number of carbonyl (C=O) groups is 3. The number of hydrogen-bond donors (Lipinski definition) is 3. The Hall–Kier alpha value is -3.24. The van der Waals surface area contributed by atoms with Gasteiger partial charge in [-0.1, -0.05) is 9.69 Å². The molecule has 4 heterocycles. The minimum Gasteiger partial charge on any atom is -0.364 e. The molecule has 1 spiro atoms. The third kappa shape index (κ3) is 2.86. The Morgan fingerprint density at radius 2 is 1.97 bits per heavy atom. The van der Waals surface area contributed by atoms with E-state index in [1.54, 1.807) is 12.3 Å². The molecule has 1 aliphatic carbocycles. The second-order valence-corrected chi connectivity index (χ2v) is 9.29. The molecule has 2 amide bonds. The van der Waals surface area contributed by atoms with E-state index in [4.69, 9.17) is 5.73 Å². The van der Waals surface area contributed by atoms with Crippen molar-refractivity contribution in [2.45, 2.75) is 45.6 Å². The minimum absolute atomic E-state index is 0.0112. The number of amides is 2. The zero-order valence-electron chi connectivity index (χ0n) is 18.1. The highest BCUT2D eigenvalue weighted by molar-refractivity contribution is 6.08. The molecule has 2 aromatic rings. The first-order valence-electron chi connectivity index (χ1n) is 10.9. The highest BCUT2D eigenvalue weighted by Crippen LogP contribution is 2.48. The maximum Gasteiger partial charge on any atom is 0.379 e. The molecule has 0 radical (unpaired) electrons. The second-order valence-electron chi connectivity index (χ2n) is 9.29. The van der Waals surface area contributed by atoms with E-state index in [-0.39, 0.29) is 40.1 Å². The van der Waals surface area contributed by atoms with Gasteiger partial charge in [-0.2, -0.15) is 5.10 Å². The molecule has 1 saturated heterocycles. The summed E-state index contributed by atoms with van der Waals surface area (Å²) in [5, 5.41) is 14.9. The number of carbonyl (C=O) groups excluding carboxylic acids is 3. The number of aromatic amines is 1. The number of primary amides is 1. The van der Waals surface area contributed by atoms with E-state index in [1.165, 1.54) is 6.20 Å². The number of Topliss-reactive ketones (excluding diaryl/α,β-unsaturated/α-hetero) is 1. The van der Waals surface area contributed by atoms with Crippen LogP contribution in [0.1, 0.15) is 60.4 Å². The Morgan fingerprint density at radius 1 is 1.22 bits per heavy atom. The Labute approximate surface area is 184 Å². The van der Waals surface area contributed by atoms with E-state index < -0.39 is 10.5 Å². The van der Waals surface area contributed by atoms with E-state index in [0.717, 1.165) is 37.9 Å². The Balaban J connectivity index is 1.59. The highest BCUT2D eigenvalue weighted by Gasteiger charge is 2.57. The molecule has 1 fully saturated rings. The second kappa shape index (κ2) is 7.14. The Morgan fingerprint density at radius 3 is 2.66 bits per heavy atom. The highest BCUT2D eigenvalue weighted by atomic mass is 16.2.